The summed E-state index contributed by atoms with van der Waals surface area (Å²) in [6.45, 7) is -0.322. The fourth-order valence-corrected chi connectivity index (χ4v) is 1.71. The number of hydrogen-bond acceptors (Lipinski definition) is 3. The van der Waals surface area contributed by atoms with Crippen molar-refractivity contribution in [1.29, 1.82) is 0 Å². The first-order valence-electron chi connectivity index (χ1n) is 5.50. The highest BCUT2D eigenvalue weighted by Crippen LogP contribution is 2.20. The Kier molecular flexibility index (Phi) is 5.72. The summed E-state index contributed by atoms with van der Waals surface area (Å²) in [6.07, 6.45) is 0. The Morgan fingerprint density at radius 2 is 2.16 bits per heavy atom. The van der Waals surface area contributed by atoms with Gasteiger partial charge in [-0.25, -0.2) is 4.39 Å². The Morgan fingerprint density at radius 1 is 1.47 bits per heavy atom. The molecule has 0 saturated heterocycles. The van der Waals surface area contributed by atoms with Crippen molar-refractivity contribution in [2.75, 3.05) is 20.1 Å². The van der Waals surface area contributed by atoms with E-state index >= 15 is 0 Å². The maximum Gasteiger partial charge on any atom is 0.322 e. The zero-order valence-electron chi connectivity index (χ0n) is 10.3. The molecule has 0 aliphatic rings. The van der Waals surface area contributed by atoms with Crippen LogP contribution in [0.1, 0.15) is 5.56 Å². The van der Waals surface area contributed by atoms with Crippen molar-refractivity contribution < 1.29 is 19.1 Å². The third-order valence-corrected chi connectivity index (χ3v) is 2.69. The van der Waals surface area contributed by atoms with Gasteiger partial charge in [-0.2, -0.15) is 0 Å². The molecule has 0 spiro atoms. The van der Waals surface area contributed by atoms with E-state index < -0.39 is 24.2 Å². The topological polar surface area (TPSA) is 69.6 Å². The number of nitrogens with one attached hydrogen (secondary N) is 1. The van der Waals surface area contributed by atoms with Gasteiger partial charge >= 0.3 is 5.97 Å². The number of rotatable bonds is 6. The highest BCUT2D eigenvalue weighted by atomic mass is 35.5. The van der Waals surface area contributed by atoms with E-state index in [1.54, 1.807) is 18.0 Å². The summed E-state index contributed by atoms with van der Waals surface area (Å²) in [6, 6.07) is 4.36. The lowest BCUT2D eigenvalue weighted by molar-refractivity contribution is -0.138. The quantitative estimate of drug-likeness (QED) is 0.823. The summed E-state index contributed by atoms with van der Waals surface area (Å²) >= 11 is 5.87. The number of carboxylic acid groups (broad SMARTS) is 1. The molecular formula is C12H14ClFN2O3. The second-order valence-electron chi connectivity index (χ2n) is 4.04. The van der Waals surface area contributed by atoms with E-state index in [2.05, 4.69) is 5.32 Å². The van der Waals surface area contributed by atoms with Crippen LogP contribution in [0.15, 0.2) is 18.2 Å². The van der Waals surface area contributed by atoms with Gasteiger partial charge in [0, 0.05) is 17.1 Å². The number of carbonyl (C=O) groups is 2. The van der Waals surface area contributed by atoms with Crippen LogP contribution in [0.3, 0.4) is 0 Å². The molecule has 19 heavy (non-hydrogen) atoms. The summed E-state index contributed by atoms with van der Waals surface area (Å²) in [5.41, 5.74) is 0.303. The Hall–Kier alpha value is -1.66. The molecule has 0 saturated carbocycles. The van der Waals surface area contributed by atoms with Crippen LogP contribution in [0.2, 0.25) is 5.02 Å². The third kappa shape index (κ3) is 5.23. The Balaban J connectivity index is 2.53. The number of aliphatic carboxylic acids is 1. The summed E-state index contributed by atoms with van der Waals surface area (Å²) < 4.78 is 13.5. The lowest BCUT2D eigenvalue weighted by Crippen LogP contribution is -2.37. The SMILES string of the molecule is CN(CC(=O)NCC(=O)O)Cc1c(F)cccc1Cl. The fraction of sp³-hybridized carbons (Fsp3) is 0.333. The standard InChI is InChI=1S/C12H14ClFN2O3/c1-16(7-11(17)15-5-12(18)19)6-8-9(13)3-2-4-10(8)14/h2-4H,5-7H2,1H3,(H,15,17)(H,18,19). The lowest BCUT2D eigenvalue weighted by atomic mass is 10.2. The maximum absolute atomic E-state index is 13.5. The molecule has 1 aromatic rings. The first kappa shape index (κ1) is 15.4. The van der Waals surface area contributed by atoms with Crippen molar-refractivity contribution in [3.63, 3.8) is 0 Å². The van der Waals surface area contributed by atoms with Crippen LogP contribution >= 0.6 is 11.6 Å². The molecule has 1 amide bonds. The van der Waals surface area contributed by atoms with Crippen molar-refractivity contribution in [2.24, 2.45) is 0 Å². The van der Waals surface area contributed by atoms with E-state index in [0.717, 1.165) is 0 Å². The first-order valence-corrected chi connectivity index (χ1v) is 5.88. The predicted molar refractivity (Wildman–Crippen MR) is 68.4 cm³/mol. The molecule has 1 rings (SSSR count). The number of carbonyl (C=O) groups excluding carboxylic acids is 1. The van der Waals surface area contributed by atoms with Crippen LogP contribution in [-0.4, -0.2) is 42.0 Å². The number of nitrogens with zero attached hydrogens (tertiary/aromatic N) is 1. The number of amides is 1. The molecule has 0 aliphatic carbocycles. The minimum absolute atomic E-state index is 0.0437. The molecule has 0 radical (unpaired) electrons. The van der Waals surface area contributed by atoms with Crippen LogP contribution in [0.25, 0.3) is 0 Å². The van der Waals surface area contributed by atoms with Crippen LogP contribution in [0.4, 0.5) is 4.39 Å². The van der Waals surface area contributed by atoms with E-state index in [1.165, 1.54) is 12.1 Å². The van der Waals surface area contributed by atoms with Crippen molar-refractivity contribution in [1.82, 2.24) is 10.2 Å². The number of likely N-dealkylation sites (N-methyl/N-ethyl adjacent to an activating group) is 1. The van der Waals surface area contributed by atoms with E-state index in [4.69, 9.17) is 16.7 Å². The normalized spacial score (nSPS) is 10.5. The highest BCUT2D eigenvalue weighted by molar-refractivity contribution is 6.31. The largest absolute Gasteiger partial charge is 0.480 e. The number of halogens is 2. The van der Waals surface area contributed by atoms with Crippen molar-refractivity contribution >= 4 is 23.5 Å². The Labute approximate surface area is 115 Å². The molecule has 0 heterocycles. The van der Waals surface area contributed by atoms with Gasteiger partial charge in [-0.05, 0) is 19.2 Å². The molecule has 0 aromatic heterocycles. The number of carboxylic acids is 1. The second-order valence-corrected chi connectivity index (χ2v) is 4.45. The van der Waals surface area contributed by atoms with Gasteiger partial charge in [-0.3, -0.25) is 14.5 Å². The van der Waals surface area contributed by atoms with E-state index in [-0.39, 0.29) is 18.1 Å². The van der Waals surface area contributed by atoms with Gasteiger partial charge in [0.25, 0.3) is 0 Å². The average molecular weight is 289 g/mol. The minimum atomic E-state index is -1.12. The van der Waals surface area contributed by atoms with Crippen molar-refractivity contribution in [3.05, 3.63) is 34.6 Å². The van der Waals surface area contributed by atoms with E-state index in [9.17, 15) is 14.0 Å². The first-order chi connectivity index (χ1) is 8.90. The monoisotopic (exact) mass is 288 g/mol. The summed E-state index contributed by atoms with van der Waals surface area (Å²) in [5, 5.41) is 10.9. The maximum atomic E-state index is 13.5. The molecule has 1 aromatic carbocycles. The third-order valence-electron chi connectivity index (χ3n) is 2.34. The van der Waals surface area contributed by atoms with Gasteiger partial charge in [0.1, 0.15) is 12.4 Å². The number of hydrogen-bond donors (Lipinski definition) is 2. The van der Waals surface area contributed by atoms with Gasteiger partial charge in [0.2, 0.25) is 5.91 Å². The molecule has 2 N–H and O–H groups in total. The Bertz CT molecular complexity index is 462. The van der Waals surface area contributed by atoms with Crippen LogP contribution < -0.4 is 5.32 Å². The smallest absolute Gasteiger partial charge is 0.322 e. The second kappa shape index (κ2) is 7.06. The highest BCUT2D eigenvalue weighted by Gasteiger charge is 2.12. The molecule has 0 unspecified atom stereocenters. The molecular weight excluding hydrogens is 275 g/mol. The fourth-order valence-electron chi connectivity index (χ4n) is 1.48. The summed E-state index contributed by atoms with van der Waals surface area (Å²) in [5.74, 6) is -2.00. The van der Waals surface area contributed by atoms with Crippen molar-refractivity contribution in [2.45, 2.75) is 6.54 Å². The summed E-state index contributed by atoms with van der Waals surface area (Å²) in [7, 11) is 1.61. The van der Waals surface area contributed by atoms with Gasteiger partial charge < -0.3 is 10.4 Å². The van der Waals surface area contributed by atoms with Crippen molar-refractivity contribution in [3.8, 4) is 0 Å². The number of benzene rings is 1. The van der Waals surface area contributed by atoms with Gasteiger partial charge in [0.05, 0.1) is 6.54 Å². The predicted octanol–water partition coefficient (Wildman–Crippen LogP) is 1.11. The van der Waals surface area contributed by atoms with E-state index in [1.807, 2.05) is 0 Å². The molecule has 104 valence electrons. The molecule has 5 nitrogen and oxygen atoms in total. The molecule has 0 fully saturated rings. The van der Waals surface area contributed by atoms with Crippen LogP contribution in [0.5, 0.6) is 0 Å². The van der Waals surface area contributed by atoms with Gasteiger partial charge in [0.15, 0.2) is 0 Å². The van der Waals surface area contributed by atoms with Gasteiger partial charge in [-0.15, -0.1) is 0 Å². The zero-order chi connectivity index (χ0) is 14.4. The lowest BCUT2D eigenvalue weighted by Gasteiger charge is -2.17. The van der Waals surface area contributed by atoms with E-state index in [0.29, 0.717) is 5.56 Å². The molecule has 0 atom stereocenters. The molecule has 7 heteroatoms. The molecule has 0 bridgehead atoms. The van der Waals surface area contributed by atoms with Gasteiger partial charge in [-0.1, -0.05) is 17.7 Å². The minimum Gasteiger partial charge on any atom is -0.480 e. The zero-order valence-corrected chi connectivity index (χ0v) is 11.1. The average Bonchev–Trinajstić information content (AvgIpc) is 2.31. The van der Waals surface area contributed by atoms with Crippen LogP contribution in [0, 0.1) is 5.82 Å². The summed E-state index contributed by atoms with van der Waals surface area (Å²) in [4.78, 5) is 23.2. The van der Waals surface area contributed by atoms with Crippen LogP contribution in [-0.2, 0) is 16.1 Å². The molecule has 0 aliphatic heterocycles. The Morgan fingerprint density at radius 3 is 2.74 bits per heavy atom.